The van der Waals surface area contributed by atoms with Gasteiger partial charge in [0.15, 0.2) is 0 Å². The molecule has 0 saturated carbocycles. The molecule has 0 radical (unpaired) electrons. The van der Waals surface area contributed by atoms with Gasteiger partial charge in [0.25, 0.3) is 5.91 Å². The molecule has 1 aromatic heterocycles. The Labute approximate surface area is 104 Å². The molecule has 0 unspecified atom stereocenters. The van der Waals surface area contributed by atoms with Crippen molar-refractivity contribution in [1.82, 2.24) is 10.2 Å². The van der Waals surface area contributed by atoms with Crippen LogP contribution in [0.15, 0.2) is 24.3 Å². The molecule has 17 heavy (non-hydrogen) atoms. The Bertz CT molecular complexity index is 526. The molecule has 0 saturated heterocycles. The minimum absolute atomic E-state index is 0.170. The zero-order valence-corrected chi connectivity index (χ0v) is 10.3. The topological polar surface area (TPSA) is 57.8 Å². The number of halogens is 1. The Morgan fingerprint density at radius 1 is 1.29 bits per heavy atom. The lowest BCUT2D eigenvalue weighted by atomic mass is 10.2. The Kier molecular flexibility index (Phi) is 3.15. The Hall–Kier alpha value is -1.81. The van der Waals surface area contributed by atoms with Gasteiger partial charge in [0.1, 0.15) is 0 Å². The molecule has 0 aliphatic heterocycles. The van der Waals surface area contributed by atoms with Gasteiger partial charge in [0.05, 0.1) is 11.3 Å². The largest absolute Gasteiger partial charge is 0.322 e. The highest BCUT2D eigenvalue weighted by molar-refractivity contribution is 6.30. The second-order valence-corrected chi connectivity index (χ2v) is 4.21. The molecule has 1 amide bonds. The van der Waals surface area contributed by atoms with Gasteiger partial charge in [-0.15, -0.1) is 0 Å². The van der Waals surface area contributed by atoms with E-state index in [0.717, 1.165) is 5.69 Å². The molecule has 0 fully saturated rings. The summed E-state index contributed by atoms with van der Waals surface area (Å²) in [6, 6.07) is 6.97. The van der Waals surface area contributed by atoms with E-state index in [0.29, 0.717) is 22.0 Å². The number of anilines is 1. The highest BCUT2D eigenvalue weighted by Gasteiger charge is 2.14. The summed E-state index contributed by atoms with van der Waals surface area (Å²) in [7, 11) is 0. The summed E-state index contributed by atoms with van der Waals surface area (Å²) in [5.41, 5.74) is 2.74. The molecular weight excluding hydrogens is 238 g/mol. The number of hydrogen-bond acceptors (Lipinski definition) is 2. The molecule has 2 aromatic rings. The summed E-state index contributed by atoms with van der Waals surface area (Å²) in [5, 5.41) is 10.2. The number of H-pyrrole nitrogens is 1. The van der Waals surface area contributed by atoms with Gasteiger partial charge < -0.3 is 5.32 Å². The SMILES string of the molecule is Cc1n[nH]c(C)c1C(=O)Nc1ccc(Cl)cc1. The molecule has 2 N–H and O–H groups in total. The van der Waals surface area contributed by atoms with Crippen molar-refractivity contribution in [3.05, 3.63) is 46.2 Å². The number of carbonyl (C=O) groups excluding carboxylic acids is 1. The van der Waals surface area contributed by atoms with E-state index in [-0.39, 0.29) is 5.91 Å². The number of amides is 1. The van der Waals surface area contributed by atoms with Crippen LogP contribution in [0.25, 0.3) is 0 Å². The van der Waals surface area contributed by atoms with E-state index in [4.69, 9.17) is 11.6 Å². The molecule has 88 valence electrons. The van der Waals surface area contributed by atoms with Crippen LogP contribution in [-0.2, 0) is 0 Å². The number of rotatable bonds is 2. The van der Waals surface area contributed by atoms with Gasteiger partial charge in [-0.2, -0.15) is 5.10 Å². The van der Waals surface area contributed by atoms with Crippen molar-refractivity contribution in [3.8, 4) is 0 Å². The number of nitrogens with one attached hydrogen (secondary N) is 2. The van der Waals surface area contributed by atoms with E-state index in [1.807, 2.05) is 6.92 Å². The van der Waals surface area contributed by atoms with Crippen LogP contribution in [0, 0.1) is 13.8 Å². The second kappa shape index (κ2) is 4.59. The molecule has 5 heteroatoms. The predicted molar refractivity (Wildman–Crippen MR) is 67.5 cm³/mol. The molecular formula is C12H12ClN3O. The van der Waals surface area contributed by atoms with Crippen LogP contribution in [0.1, 0.15) is 21.7 Å². The molecule has 0 atom stereocenters. The number of hydrogen-bond donors (Lipinski definition) is 2. The van der Waals surface area contributed by atoms with Crippen LogP contribution in [0.4, 0.5) is 5.69 Å². The average Bonchev–Trinajstić information content (AvgIpc) is 2.62. The quantitative estimate of drug-likeness (QED) is 0.860. The summed E-state index contributed by atoms with van der Waals surface area (Å²) < 4.78 is 0. The maximum Gasteiger partial charge on any atom is 0.259 e. The molecule has 0 spiro atoms. The van der Waals surface area contributed by atoms with Crippen molar-refractivity contribution in [1.29, 1.82) is 0 Å². The molecule has 2 rings (SSSR count). The van der Waals surface area contributed by atoms with Gasteiger partial charge in [-0.3, -0.25) is 9.89 Å². The van der Waals surface area contributed by atoms with Gasteiger partial charge in [-0.25, -0.2) is 0 Å². The Morgan fingerprint density at radius 2 is 1.94 bits per heavy atom. The van der Waals surface area contributed by atoms with Gasteiger partial charge in [-0.05, 0) is 38.1 Å². The molecule has 0 aliphatic rings. The number of benzene rings is 1. The van der Waals surface area contributed by atoms with E-state index in [1.165, 1.54) is 0 Å². The molecule has 4 nitrogen and oxygen atoms in total. The summed E-state index contributed by atoms with van der Waals surface area (Å²) in [6.07, 6.45) is 0. The lowest BCUT2D eigenvalue weighted by molar-refractivity contribution is 0.102. The first-order valence-corrected chi connectivity index (χ1v) is 5.54. The number of nitrogens with zero attached hydrogens (tertiary/aromatic N) is 1. The highest BCUT2D eigenvalue weighted by atomic mass is 35.5. The zero-order valence-electron chi connectivity index (χ0n) is 9.54. The number of aryl methyl sites for hydroxylation is 2. The fourth-order valence-electron chi connectivity index (χ4n) is 1.61. The first-order valence-electron chi connectivity index (χ1n) is 5.16. The minimum Gasteiger partial charge on any atom is -0.322 e. The second-order valence-electron chi connectivity index (χ2n) is 3.77. The molecule has 1 heterocycles. The minimum atomic E-state index is -0.170. The predicted octanol–water partition coefficient (Wildman–Crippen LogP) is 2.93. The van der Waals surface area contributed by atoms with Gasteiger partial charge in [-0.1, -0.05) is 11.6 Å². The summed E-state index contributed by atoms with van der Waals surface area (Å²) in [4.78, 5) is 12.0. The summed E-state index contributed by atoms with van der Waals surface area (Å²) in [5.74, 6) is -0.170. The fourth-order valence-corrected chi connectivity index (χ4v) is 1.74. The van der Waals surface area contributed by atoms with Crippen LogP contribution in [-0.4, -0.2) is 16.1 Å². The maximum absolute atomic E-state index is 12.0. The maximum atomic E-state index is 12.0. The number of aromatic amines is 1. The zero-order chi connectivity index (χ0) is 12.4. The standard InChI is InChI=1S/C12H12ClN3O/c1-7-11(8(2)16-15-7)12(17)14-10-5-3-9(13)4-6-10/h3-6H,1-2H3,(H,14,17)(H,15,16). The van der Waals surface area contributed by atoms with Crippen LogP contribution >= 0.6 is 11.6 Å². The lowest BCUT2D eigenvalue weighted by Gasteiger charge is -2.05. The third-order valence-corrected chi connectivity index (χ3v) is 2.71. The van der Waals surface area contributed by atoms with E-state index >= 15 is 0 Å². The van der Waals surface area contributed by atoms with Crippen LogP contribution in [0.3, 0.4) is 0 Å². The van der Waals surface area contributed by atoms with E-state index in [2.05, 4.69) is 15.5 Å². The van der Waals surface area contributed by atoms with Crippen molar-refractivity contribution >= 4 is 23.2 Å². The molecule has 0 aliphatic carbocycles. The van der Waals surface area contributed by atoms with Crippen LogP contribution in [0.2, 0.25) is 5.02 Å². The normalized spacial score (nSPS) is 10.3. The third kappa shape index (κ3) is 2.47. The third-order valence-electron chi connectivity index (χ3n) is 2.46. The summed E-state index contributed by atoms with van der Waals surface area (Å²) >= 11 is 5.77. The van der Waals surface area contributed by atoms with Crippen molar-refractivity contribution in [2.24, 2.45) is 0 Å². The van der Waals surface area contributed by atoms with Crippen molar-refractivity contribution < 1.29 is 4.79 Å². The van der Waals surface area contributed by atoms with E-state index < -0.39 is 0 Å². The van der Waals surface area contributed by atoms with Crippen molar-refractivity contribution in [2.45, 2.75) is 13.8 Å². The molecule has 0 bridgehead atoms. The first-order chi connectivity index (χ1) is 8.08. The Balaban J connectivity index is 2.20. The first kappa shape index (κ1) is 11.7. The summed E-state index contributed by atoms with van der Waals surface area (Å²) in [6.45, 7) is 3.61. The van der Waals surface area contributed by atoms with Crippen molar-refractivity contribution in [2.75, 3.05) is 5.32 Å². The van der Waals surface area contributed by atoms with Gasteiger partial charge >= 0.3 is 0 Å². The average molecular weight is 250 g/mol. The monoisotopic (exact) mass is 249 g/mol. The van der Waals surface area contributed by atoms with Crippen LogP contribution in [0.5, 0.6) is 0 Å². The Morgan fingerprint density at radius 3 is 2.47 bits per heavy atom. The molecule has 1 aromatic carbocycles. The highest BCUT2D eigenvalue weighted by Crippen LogP contribution is 2.16. The van der Waals surface area contributed by atoms with Gasteiger partial charge in [0, 0.05) is 16.4 Å². The van der Waals surface area contributed by atoms with E-state index in [9.17, 15) is 4.79 Å². The number of aromatic nitrogens is 2. The number of carbonyl (C=O) groups is 1. The smallest absolute Gasteiger partial charge is 0.259 e. The van der Waals surface area contributed by atoms with Crippen LogP contribution < -0.4 is 5.32 Å². The van der Waals surface area contributed by atoms with E-state index in [1.54, 1.807) is 31.2 Å². The van der Waals surface area contributed by atoms with Gasteiger partial charge in [0.2, 0.25) is 0 Å². The lowest BCUT2D eigenvalue weighted by Crippen LogP contribution is -2.13. The fraction of sp³-hybridized carbons (Fsp3) is 0.167. The van der Waals surface area contributed by atoms with Crippen molar-refractivity contribution in [3.63, 3.8) is 0 Å².